The van der Waals surface area contributed by atoms with E-state index >= 15 is 0 Å². The summed E-state index contributed by atoms with van der Waals surface area (Å²) < 4.78 is 4.90. The van der Waals surface area contributed by atoms with E-state index in [0.29, 0.717) is 0 Å². The van der Waals surface area contributed by atoms with Gasteiger partial charge in [-0.3, -0.25) is 0 Å². The molecule has 0 fully saturated rings. The van der Waals surface area contributed by atoms with E-state index in [4.69, 9.17) is 0 Å². The van der Waals surface area contributed by atoms with Crippen LogP contribution in [0.1, 0.15) is 0 Å². The molecule has 0 amide bonds. The maximum atomic E-state index is 2.49. The van der Waals surface area contributed by atoms with Crippen LogP contribution in [0.5, 0.6) is 0 Å². The second-order valence-electron chi connectivity index (χ2n) is 13.8. The van der Waals surface area contributed by atoms with Crippen LogP contribution in [0.25, 0.3) is 99.1 Å². The highest BCUT2D eigenvalue weighted by atomic mass is 15.0. The highest BCUT2D eigenvalue weighted by Crippen LogP contribution is 2.43. The lowest BCUT2D eigenvalue weighted by Crippen LogP contribution is -1.96. The first-order valence-corrected chi connectivity index (χ1v) is 17.9. The van der Waals surface area contributed by atoms with E-state index in [1.807, 2.05) is 0 Å². The molecule has 11 aromatic rings. The molecule has 2 nitrogen and oxygen atoms in total. The summed E-state index contributed by atoms with van der Waals surface area (Å²) in [5.41, 5.74) is 14.4. The largest absolute Gasteiger partial charge is 0.309 e. The van der Waals surface area contributed by atoms with Crippen LogP contribution in [-0.2, 0) is 0 Å². The minimum Gasteiger partial charge on any atom is -0.309 e. The molecule has 0 aliphatic rings. The van der Waals surface area contributed by atoms with Gasteiger partial charge in [-0.05, 0) is 105 Å². The molecule has 0 radical (unpaired) electrons. The fraction of sp³-hybridized carbons (Fsp3) is 0. The summed E-state index contributed by atoms with van der Waals surface area (Å²) in [4.78, 5) is 0. The molecule has 242 valence electrons. The Morgan fingerprint density at radius 2 is 0.808 bits per heavy atom. The van der Waals surface area contributed by atoms with Crippen LogP contribution in [-0.4, -0.2) is 9.13 Å². The SMILES string of the molecule is c1ccc(-c2cc(-c3ccccc3)cc(-n3c4cccc5ccc6cc(-c7ccc8c9ccccc9n(-c9ccccc9)c8c7)cc3c6c54)c2)cc1. The van der Waals surface area contributed by atoms with Crippen LogP contribution >= 0.6 is 0 Å². The molecule has 0 bridgehead atoms. The zero-order valence-electron chi connectivity index (χ0n) is 28.4. The lowest BCUT2D eigenvalue weighted by Gasteiger charge is -2.15. The third kappa shape index (κ3) is 4.38. The van der Waals surface area contributed by atoms with Crippen LogP contribution in [0.2, 0.25) is 0 Å². The van der Waals surface area contributed by atoms with Gasteiger partial charge in [-0.25, -0.2) is 0 Å². The van der Waals surface area contributed by atoms with Crippen molar-refractivity contribution in [3.63, 3.8) is 0 Å². The number of rotatable bonds is 5. The molecule has 0 N–H and O–H groups in total. The molecule has 2 aromatic heterocycles. The molecule has 0 aliphatic heterocycles. The maximum absolute atomic E-state index is 2.49. The van der Waals surface area contributed by atoms with Gasteiger partial charge in [-0.1, -0.05) is 133 Å². The van der Waals surface area contributed by atoms with Gasteiger partial charge in [0.15, 0.2) is 0 Å². The van der Waals surface area contributed by atoms with Crippen molar-refractivity contribution in [2.24, 2.45) is 0 Å². The minimum atomic E-state index is 1.15. The molecule has 2 heterocycles. The molecule has 52 heavy (non-hydrogen) atoms. The number of benzene rings is 9. The Morgan fingerprint density at radius 1 is 0.250 bits per heavy atom. The fourth-order valence-electron chi connectivity index (χ4n) is 8.48. The summed E-state index contributed by atoms with van der Waals surface area (Å²) in [6.45, 7) is 0. The topological polar surface area (TPSA) is 9.86 Å². The number of para-hydroxylation sites is 2. The maximum Gasteiger partial charge on any atom is 0.0553 e. The van der Waals surface area contributed by atoms with Gasteiger partial charge in [0.2, 0.25) is 0 Å². The van der Waals surface area contributed by atoms with Gasteiger partial charge in [0.05, 0.1) is 22.1 Å². The number of aromatic nitrogens is 2. The molecule has 2 heteroatoms. The summed E-state index contributed by atoms with van der Waals surface area (Å²) >= 11 is 0. The van der Waals surface area contributed by atoms with Crippen LogP contribution in [0.4, 0.5) is 0 Å². The van der Waals surface area contributed by atoms with Gasteiger partial charge in [0.25, 0.3) is 0 Å². The number of hydrogen-bond acceptors (Lipinski definition) is 0. The summed E-state index contributed by atoms with van der Waals surface area (Å²) in [6, 6.07) is 71.0. The van der Waals surface area contributed by atoms with Crippen molar-refractivity contribution in [1.82, 2.24) is 9.13 Å². The number of fused-ring (bicyclic) bond motifs is 3. The lowest BCUT2D eigenvalue weighted by molar-refractivity contribution is 1.18. The standard InChI is InChI=1S/C50H32N2/c1-4-13-33(14-5-1)38-28-39(34-15-6-2-7-16-34)30-42(29-38)52-46-22-12-17-35-23-24-37-27-40(32-48(52)50(37)49(35)46)36-25-26-44-43-20-10-11-21-45(43)51(47(44)31-36)41-18-8-3-9-19-41/h1-32H. The third-order valence-electron chi connectivity index (χ3n) is 10.8. The Labute approximate surface area is 301 Å². The summed E-state index contributed by atoms with van der Waals surface area (Å²) in [5.74, 6) is 0. The van der Waals surface area contributed by atoms with Crippen molar-refractivity contribution in [2.75, 3.05) is 0 Å². The predicted octanol–water partition coefficient (Wildman–Crippen LogP) is 13.5. The van der Waals surface area contributed by atoms with Crippen molar-refractivity contribution in [2.45, 2.75) is 0 Å². The Balaban J connectivity index is 1.20. The molecular formula is C50H32N2. The van der Waals surface area contributed by atoms with E-state index in [0.717, 1.165) is 5.69 Å². The quantitative estimate of drug-likeness (QED) is 0.163. The normalized spacial score (nSPS) is 11.8. The zero-order valence-corrected chi connectivity index (χ0v) is 28.4. The van der Waals surface area contributed by atoms with E-state index in [9.17, 15) is 0 Å². The van der Waals surface area contributed by atoms with Crippen molar-refractivity contribution in [3.05, 3.63) is 194 Å². The second-order valence-corrected chi connectivity index (χ2v) is 13.8. The zero-order chi connectivity index (χ0) is 34.2. The molecule has 0 atom stereocenters. The van der Waals surface area contributed by atoms with Gasteiger partial charge in [0, 0.05) is 32.9 Å². The van der Waals surface area contributed by atoms with Crippen molar-refractivity contribution in [1.29, 1.82) is 0 Å². The molecular weight excluding hydrogens is 629 g/mol. The van der Waals surface area contributed by atoms with E-state index in [1.165, 1.54) is 93.5 Å². The summed E-state index contributed by atoms with van der Waals surface area (Å²) in [7, 11) is 0. The molecule has 0 spiro atoms. The first-order chi connectivity index (χ1) is 25.8. The molecule has 0 unspecified atom stereocenters. The highest BCUT2D eigenvalue weighted by Gasteiger charge is 2.20. The van der Waals surface area contributed by atoms with Gasteiger partial charge < -0.3 is 9.13 Å². The fourth-order valence-corrected chi connectivity index (χ4v) is 8.48. The Kier molecular flexibility index (Phi) is 6.28. The third-order valence-corrected chi connectivity index (χ3v) is 10.8. The summed E-state index contributed by atoms with van der Waals surface area (Å²) in [6.07, 6.45) is 0. The van der Waals surface area contributed by atoms with Crippen LogP contribution in [0.3, 0.4) is 0 Å². The van der Waals surface area contributed by atoms with Crippen LogP contribution in [0.15, 0.2) is 194 Å². The van der Waals surface area contributed by atoms with Crippen molar-refractivity contribution in [3.8, 4) is 44.8 Å². The van der Waals surface area contributed by atoms with Gasteiger partial charge in [-0.15, -0.1) is 0 Å². The van der Waals surface area contributed by atoms with Crippen molar-refractivity contribution < 1.29 is 0 Å². The van der Waals surface area contributed by atoms with Crippen molar-refractivity contribution >= 4 is 54.4 Å². The molecule has 9 aromatic carbocycles. The summed E-state index contributed by atoms with van der Waals surface area (Å²) in [5, 5.41) is 7.66. The molecule has 0 saturated carbocycles. The van der Waals surface area contributed by atoms with Gasteiger partial charge >= 0.3 is 0 Å². The van der Waals surface area contributed by atoms with Crippen LogP contribution < -0.4 is 0 Å². The van der Waals surface area contributed by atoms with E-state index in [2.05, 4.69) is 203 Å². The molecule has 0 saturated heterocycles. The first kappa shape index (κ1) is 28.9. The predicted molar refractivity (Wildman–Crippen MR) is 220 cm³/mol. The number of nitrogens with zero attached hydrogens (tertiary/aromatic N) is 2. The first-order valence-electron chi connectivity index (χ1n) is 17.9. The molecule has 11 rings (SSSR count). The average Bonchev–Trinajstić information content (AvgIpc) is 3.74. The molecule has 0 aliphatic carbocycles. The number of hydrogen-bond donors (Lipinski definition) is 0. The van der Waals surface area contributed by atoms with Gasteiger partial charge in [-0.2, -0.15) is 0 Å². The van der Waals surface area contributed by atoms with E-state index < -0.39 is 0 Å². The van der Waals surface area contributed by atoms with Gasteiger partial charge in [0.1, 0.15) is 0 Å². The minimum absolute atomic E-state index is 1.15. The lowest BCUT2D eigenvalue weighted by atomic mass is 9.96. The average molecular weight is 661 g/mol. The van der Waals surface area contributed by atoms with E-state index in [1.54, 1.807) is 0 Å². The highest BCUT2D eigenvalue weighted by molar-refractivity contribution is 6.25. The Morgan fingerprint density at radius 3 is 1.56 bits per heavy atom. The monoisotopic (exact) mass is 660 g/mol. The smallest absolute Gasteiger partial charge is 0.0553 e. The Bertz CT molecular complexity index is 3040. The Hall–Kier alpha value is -6.90. The van der Waals surface area contributed by atoms with Crippen LogP contribution in [0, 0.1) is 0 Å². The second kappa shape index (κ2) is 11.3. The van der Waals surface area contributed by atoms with E-state index in [-0.39, 0.29) is 0 Å².